The van der Waals surface area contributed by atoms with Gasteiger partial charge in [0.05, 0.1) is 11.0 Å². The minimum absolute atomic E-state index is 0.130. The SMILES string of the molecule is CC(CNC(=O)C1CSC(c2ccccc2)=N1)C(=O)O. The third-order valence-electron chi connectivity index (χ3n) is 2.98. The molecule has 2 unspecified atom stereocenters. The van der Waals surface area contributed by atoms with Gasteiger partial charge in [-0.2, -0.15) is 0 Å². The molecular formula is C14H16N2O3S. The van der Waals surface area contributed by atoms with Crippen LogP contribution >= 0.6 is 11.8 Å². The molecule has 0 radical (unpaired) electrons. The molecule has 0 aliphatic carbocycles. The summed E-state index contributed by atoms with van der Waals surface area (Å²) in [5, 5.41) is 12.3. The summed E-state index contributed by atoms with van der Waals surface area (Å²) in [6.45, 7) is 1.69. The molecule has 6 heteroatoms. The average molecular weight is 292 g/mol. The van der Waals surface area contributed by atoms with Gasteiger partial charge in [-0.25, -0.2) is 0 Å². The van der Waals surface area contributed by atoms with Gasteiger partial charge in [0.15, 0.2) is 0 Å². The molecule has 2 rings (SSSR count). The van der Waals surface area contributed by atoms with E-state index in [1.165, 1.54) is 0 Å². The predicted octanol–water partition coefficient (Wildman–Crippen LogP) is 1.39. The zero-order valence-electron chi connectivity index (χ0n) is 11.1. The molecule has 5 nitrogen and oxygen atoms in total. The number of aliphatic carboxylic acids is 1. The highest BCUT2D eigenvalue weighted by Gasteiger charge is 2.26. The molecule has 0 spiro atoms. The van der Waals surface area contributed by atoms with Crippen LogP contribution in [0.4, 0.5) is 0 Å². The van der Waals surface area contributed by atoms with Crippen LogP contribution < -0.4 is 5.32 Å². The van der Waals surface area contributed by atoms with Crippen molar-refractivity contribution >= 4 is 28.7 Å². The number of nitrogens with zero attached hydrogens (tertiary/aromatic N) is 1. The van der Waals surface area contributed by atoms with Gasteiger partial charge < -0.3 is 10.4 Å². The van der Waals surface area contributed by atoms with Gasteiger partial charge in [-0.05, 0) is 0 Å². The van der Waals surface area contributed by atoms with E-state index in [9.17, 15) is 9.59 Å². The van der Waals surface area contributed by atoms with Crippen molar-refractivity contribution in [1.82, 2.24) is 5.32 Å². The number of hydrogen-bond acceptors (Lipinski definition) is 4. The molecule has 2 atom stereocenters. The topological polar surface area (TPSA) is 78.8 Å². The molecule has 1 heterocycles. The Balaban J connectivity index is 1.93. The Labute approximate surface area is 121 Å². The van der Waals surface area contributed by atoms with Gasteiger partial charge >= 0.3 is 5.97 Å². The van der Waals surface area contributed by atoms with Crippen LogP contribution in [-0.2, 0) is 9.59 Å². The van der Waals surface area contributed by atoms with Crippen molar-refractivity contribution in [2.75, 3.05) is 12.3 Å². The van der Waals surface area contributed by atoms with Gasteiger partial charge in [-0.3, -0.25) is 14.6 Å². The lowest BCUT2D eigenvalue weighted by Gasteiger charge is -2.10. The number of nitrogens with one attached hydrogen (secondary N) is 1. The number of thioether (sulfide) groups is 1. The van der Waals surface area contributed by atoms with E-state index in [4.69, 9.17) is 5.11 Å². The largest absolute Gasteiger partial charge is 0.481 e. The molecule has 0 fully saturated rings. The van der Waals surface area contributed by atoms with Crippen molar-refractivity contribution < 1.29 is 14.7 Å². The number of benzene rings is 1. The van der Waals surface area contributed by atoms with Crippen LogP contribution in [0, 0.1) is 5.92 Å². The van der Waals surface area contributed by atoms with Crippen molar-refractivity contribution in [2.24, 2.45) is 10.9 Å². The number of aliphatic imine (C=N–C) groups is 1. The van der Waals surface area contributed by atoms with Crippen LogP contribution in [0.5, 0.6) is 0 Å². The van der Waals surface area contributed by atoms with Crippen molar-refractivity contribution in [3.05, 3.63) is 35.9 Å². The number of carboxylic acids is 1. The number of carboxylic acid groups (broad SMARTS) is 1. The van der Waals surface area contributed by atoms with Crippen molar-refractivity contribution in [3.8, 4) is 0 Å². The van der Waals surface area contributed by atoms with E-state index in [-0.39, 0.29) is 12.5 Å². The predicted molar refractivity (Wildman–Crippen MR) is 79.0 cm³/mol. The highest BCUT2D eigenvalue weighted by atomic mass is 32.2. The fraction of sp³-hybridized carbons (Fsp3) is 0.357. The highest BCUT2D eigenvalue weighted by molar-refractivity contribution is 8.14. The number of carbonyl (C=O) groups is 2. The second-order valence-electron chi connectivity index (χ2n) is 4.61. The second kappa shape index (κ2) is 6.56. The normalized spacial score (nSPS) is 19.2. The first kappa shape index (κ1) is 14.6. The molecule has 1 aliphatic rings. The van der Waals surface area contributed by atoms with E-state index in [1.807, 2.05) is 30.3 Å². The lowest BCUT2D eigenvalue weighted by atomic mass is 10.2. The third kappa shape index (κ3) is 3.60. The van der Waals surface area contributed by atoms with E-state index in [1.54, 1.807) is 18.7 Å². The molecule has 1 aliphatic heterocycles. The molecule has 1 aromatic rings. The van der Waals surface area contributed by atoms with Crippen LogP contribution in [0.15, 0.2) is 35.3 Å². The quantitative estimate of drug-likeness (QED) is 0.859. The van der Waals surface area contributed by atoms with Gasteiger partial charge in [0.2, 0.25) is 5.91 Å². The molecule has 0 aromatic heterocycles. The minimum Gasteiger partial charge on any atom is -0.481 e. The molecule has 0 bridgehead atoms. The zero-order chi connectivity index (χ0) is 14.5. The van der Waals surface area contributed by atoms with E-state index >= 15 is 0 Å². The van der Waals surface area contributed by atoms with Crippen LogP contribution in [-0.4, -0.2) is 40.4 Å². The Hall–Kier alpha value is -1.82. The number of carbonyl (C=O) groups excluding carboxylic acids is 1. The molecular weight excluding hydrogens is 276 g/mol. The van der Waals surface area contributed by atoms with Gasteiger partial charge in [0.1, 0.15) is 6.04 Å². The summed E-state index contributed by atoms with van der Waals surface area (Å²) in [4.78, 5) is 27.0. The Morgan fingerprint density at radius 2 is 2.15 bits per heavy atom. The maximum Gasteiger partial charge on any atom is 0.308 e. The first-order valence-corrected chi connectivity index (χ1v) is 7.33. The molecule has 1 amide bonds. The monoisotopic (exact) mass is 292 g/mol. The van der Waals surface area contributed by atoms with Crippen molar-refractivity contribution in [2.45, 2.75) is 13.0 Å². The Bertz CT molecular complexity index is 530. The highest BCUT2D eigenvalue weighted by Crippen LogP contribution is 2.23. The lowest BCUT2D eigenvalue weighted by molar-refractivity contribution is -0.141. The van der Waals surface area contributed by atoms with Crippen LogP contribution in [0.25, 0.3) is 0 Å². The van der Waals surface area contributed by atoms with Gasteiger partial charge in [-0.15, -0.1) is 11.8 Å². The molecule has 106 valence electrons. The summed E-state index contributed by atoms with van der Waals surface area (Å²) < 4.78 is 0. The summed E-state index contributed by atoms with van der Waals surface area (Å²) in [6.07, 6.45) is 0. The second-order valence-corrected chi connectivity index (χ2v) is 5.62. The fourth-order valence-electron chi connectivity index (χ4n) is 1.71. The molecule has 0 saturated carbocycles. The Morgan fingerprint density at radius 3 is 2.80 bits per heavy atom. The summed E-state index contributed by atoms with van der Waals surface area (Å²) >= 11 is 1.55. The average Bonchev–Trinajstić information content (AvgIpc) is 2.95. The van der Waals surface area contributed by atoms with Crippen LogP contribution in [0.1, 0.15) is 12.5 Å². The standard InChI is InChI=1S/C14H16N2O3S/c1-9(14(18)19)7-15-12(17)11-8-20-13(16-11)10-5-3-2-4-6-10/h2-6,9,11H,7-8H2,1H3,(H,15,17)(H,18,19). The van der Waals surface area contributed by atoms with Crippen LogP contribution in [0.3, 0.4) is 0 Å². The Morgan fingerprint density at radius 1 is 1.45 bits per heavy atom. The summed E-state index contributed by atoms with van der Waals surface area (Å²) in [5.41, 5.74) is 1.01. The van der Waals surface area contributed by atoms with E-state index in [2.05, 4.69) is 10.3 Å². The zero-order valence-corrected chi connectivity index (χ0v) is 11.9. The van der Waals surface area contributed by atoms with Gasteiger partial charge in [0.25, 0.3) is 0 Å². The summed E-state index contributed by atoms with van der Waals surface area (Å²) in [6, 6.07) is 9.27. The van der Waals surface area contributed by atoms with E-state index < -0.39 is 17.9 Å². The summed E-state index contributed by atoms with van der Waals surface area (Å²) in [7, 11) is 0. The van der Waals surface area contributed by atoms with Gasteiger partial charge in [0, 0.05) is 17.9 Å². The Kier molecular flexibility index (Phi) is 4.79. The minimum atomic E-state index is -0.917. The third-order valence-corrected chi connectivity index (χ3v) is 4.08. The maximum absolute atomic E-state index is 11.9. The smallest absolute Gasteiger partial charge is 0.308 e. The molecule has 20 heavy (non-hydrogen) atoms. The molecule has 1 aromatic carbocycles. The van der Waals surface area contributed by atoms with Crippen molar-refractivity contribution in [1.29, 1.82) is 0 Å². The summed E-state index contributed by atoms with van der Waals surface area (Å²) in [5.74, 6) is -1.13. The number of hydrogen-bond donors (Lipinski definition) is 2. The number of amides is 1. The molecule has 2 N–H and O–H groups in total. The van der Waals surface area contributed by atoms with E-state index in [0.29, 0.717) is 5.75 Å². The lowest BCUT2D eigenvalue weighted by Crippen LogP contribution is -2.38. The number of rotatable bonds is 5. The maximum atomic E-state index is 11.9. The van der Waals surface area contributed by atoms with E-state index in [0.717, 1.165) is 10.6 Å². The first-order valence-electron chi connectivity index (χ1n) is 6.34. The first-order chi connectivity index (χ1) is 9.58. The van der Waals surface area contributed by atoms with Crippen LogP contribution in [0.2, 0.25) is 0 Å². The fourth-order valence-corrected chi connectivity index (χ4v) is 2.75. The van der Waals surface area contributed by atoms with Crippen molar-refractivity contribution in [3.63, 3.8) is 0 Å². The molecule has 0 saturated heterocycles. The van der Waals surface area contributed by atoms with Gasteiger partial charge in [-0.1, -0.05) is 37.3 Å².